The minimum absolute atomic E-state index is 0.00421. The van der Waals surface area contributed by atoms with Crippen molar-refractivity contribution < 1.29 is 22.3 Å². The SMILES string of the molecule is Cn1nccc1[C@H]1CCCC[C@@H]1Oc1cc(F)c(S(=O)(=O)NC2CCNC(=O)N2)cc1Cl. The molecule has 2 heterocycles. The molecule has 1 aromatic carbocycles. The minimum atomic E-state index is -4.26. The van der Waals surface area contributed by atoms with Crippen LogP contribution in [0.4, 0.5) is 9.18 Å². The van der Waals surface area contributed by atoms with Gasteiger partial charge in [0.1, 0.15) is 22.6 Å². The molecule has 0 bridgehead atoms. The molecule has 2 amide bonds. The van der Waals surface area contributed by atoms with Gasteiger partial charge in [-0.25, -0.2) is 17.6 Å². The summed E-state index contributed by atoms with van der Waals surface area (Å²) in [5.74, 6) is -0.814. The van der Waals surface area contributed by atoms with Crippen LogP contribution in [-0.2, 0) is 17.1 Å². The highest BCUT2D eigenvalue weighted by molar-refractivity contribution is 7.89. The summed E-state index contributed by atoms with van der Waals surface area (Å²) in [4.78, 5) is 10.8. The molecule has 4 rings (SSSR count). The summed E-state index contributed by atoms with van der Waals surface area (Å²) >= 11 is 6.32. The average Bonchev–Trinajstić information content (AvgIpc) is 3.16. The molecule has 12 heteroatoms. The zero-order chi connectivity index (χ0) is 22.9. The Labute approximate surface area is 190 Å². The van der Waals surface area contributed by atoms with E-state index in [4.69, 9.17) is 16.3 Å². The Morgan fingerprint density at radius 1 is 1.28 bits per heavy atom. The molecule has 2 fully saturated rings. The molecule has 0 radical (unpaired) electrons. The summed E-state index contributed by atoms with van der Waals surface area (Å²) in [5, 5.41) is 9.18. The fraction of sp³-hybridized carbons (Fsp3) is 0.500. The second-order valence-corrected chi connectivity index (χ2v) is 10.1. The molecule has 1 saturated heterocycles. The lowest BCUT2D eigenvalue weighted by Gasteiger charge is -2.32. The first kappa shape index (κ1) is 22.8. The number of halogens is 2. The van der Waals surface area contributed by atoms with Crippen molar-refractivity contribution in [3.05, 3.63) is 40.9 Å². The van der Waals surface area contributed by atoms with Crippen molar-refractivity contribution in [3.63, 3.8) is 0 Å². The van der Waals surface area contributed by atoms with Gasteiger partial charge < -0.3 is 15.4 Å². The third-order valence-electron chi connectivity index (χ3n) is 5.82. The number of carbonyl (C=O) groups excluding carboxylic acids is 1. The monoisotopic (exact) mass is 485 g/mol. The number of benzene rings is 1. The van der Waals surface area contributed by atoms with Crippen molar-refractivity contribution in [2.45, 2.75) is 55.2 Å². The van der Waals surface area contributed by atoms with Crippen LogP contribution >= 0.6 is 11.6 Å². The number of aromatic nitrogens is 2. The predicted octanol–water partition coefficient (Wildman–Crippen LogP) is 2.63. The molecule has 0 spiro atoms. The molecule has 32 heavy (non-hydrogen) atoms. The van der Waals surface area contributed by atoms with Gasteiger partial charge in [0.2, 0.25) is 10.0 Å². The number of aryl methyl sites for hydroxylation is 1. The van der Waals surface area contributed by atoms with E-state index < -0.39 is 32.9 Å². The van der Waals surface area contributed by atoms with E-state index in [1.54, 1.807) is 10.9 Å². The smallest absolute Gasteiger partial charge is 0.316 e. The fourth-order valence-electron chi connectivity index (χ4n) is 4.24. The normalized spacial score (nSPS) is 24.0. The van der Waals surface area contributed by atoms with Crippen LogP contribution in [0, 0.1) is 5.82 Å². The lowest BCUT2D eigenvalue weighted by atomic mass is 9.84. The zero-order valence-corrected chi connectivity index (χ0v) is 19.0. The van der Waals surface area contributed by atoms with Gasteiger partial charge in [0.25, 0.3) is 0 Å². The van der Waals surface area contributed by atoms with E-state index in [9.17, 15) is 17.6 Å². The Bertz CT molecular complexity index is 1110. The molecule has 2 aromatic rings. The van der Waals surface area contributed by atoms with E-state index in [0.29, 0.717) is 13.0 Å². The number of amides is 2. The van der Waals surface area contributed by atoms with Crippen LogP contribution < -0.4 is 20.1 Å². The van der Waals surface area contributed by atoms with E-state index in [0.717, 1.165) is 43.5 Å². The maximum atomic E-state index is 14.9. The van der Waals surface area contributed by atoms with Gasteiger partial charge in [0, 0.05) is 37.5 Å². The van der Waals surface area contributed by atoms with E-state index >= 15 is 0 Å². The van der Waals surface area contributed by atoms with Crippen LogP contribution in [0.3, 0.4) is 0 Å². The Balaban J connectivity index is 1.54. The molecule has 1 saturated carbocycles. The van der Waals surface area contributed by atoms with Crippen LogP contribution in [0.2, 0.25) is 5.02 Å². The predicted molar refractivity (Wildman–Crippen MR) is 116 cm³/mol. The first-order valence-electron chi connectivity index (χ1n) is 10.4. The first-order valence-corrected chi connectivity index (χ1v) is 12.3. The molecule has 2 aliphatic rings. The molecule has 3 atom stereocenters. The standard InChI is InChI=1S/C20H25ClFN5O4S/c1-27-15(6-9-24-27)12-4-2-3-5-16(12)31-17-11-14(22)18(10-13(17)21)32(29,30)26-19-7-8-23-20(28)25-19/h6,9-12,16,19,26H,2-5,7-8H2,1H3,(H2,23,25,28)/t12-,16+,19?/m1/s1. The van der Waals surface area contributed by atoms with Crippen molar-refractivity contribution in [3.8, 4) is 5.75 Å². The maximum Gasteiger partial charge on any atom is 0.316 e. The van der Waals surface area contributed by atoms with Crippen molar-refractivity contribution in [1.29, 1.82) is 0 Å². The summed E-state index contributed by atoms with van der Waals surface area (Å²) in [6.07, 6.45) is 4.66. The molecule has 1 aromatic heterocycles. The van der Waals surface area contributed by atoms with Crippen LogP contribution in [0.1, 0.15) is 43.7 Å². The van der Waals surface area contributed by atoms with Gasteiger partial charge >= 0.3 is 6.03 Å². The van der Waals surface area contributed by atoms with Crippen molar-refractivity contribution in [2.75, 3.05) is 6.54 Å². The summed E-state index contributed by atoms with van der Waals surface area (Å²) in [6.45, 7) is 0.300. The highest BCUT2D eigenvalue weighted by atomic mass is 35.5. The molecule has 1 unspecified atom stereocenters. The number of hydrogen-bond donors (Lipinski definition) is 3. The quantitative estimate of drug-likeness (QED) is 0.582. The molecular weight excluding hydrogens is 461 g/mol. The topological polar surface area (TPSA) is 114 Å². The largest absolute Gasteiger partial charge is 0.488 e. The van der Waals surface area contributed by atoms with Gasteiger partial charge in [0.15, 0.2) is 0 Å². The van der Waals surface area contributed by atoms with Gasteiger partial charge in [-0.1, -0.05) is 18.0 Å². The summed E-state index contributed by atoms with van der Waals surface area (Å²) in [7, 11) is -2.39. The number of rotatable bonds is 6. The lowest BCUT2D eigenvalue weighted by molar-refractivity contribution is 0.126. The number of nitrogens with one attached hydrogen (secondary N) is 3. The summed E-state index contributed by atoms with van der Waals surface area (Å²) in [6, 6.07) is 3.49. The Kier molecular flexibility index (Phi) is 6.59. The van der Waals surface area contributed by atoms with Crippen molar-refractivity contribution in [1.82, 2.24) is 25.1 Å². The maximum absolute atomic E-state index is 14.9. The molecule has 1 aliphatic heterocycles. The van der Waals surface area contributed by atoms with E-state index in [1.165, 1.54) is 0 Å². The molecule has 9 nitrogen and oxygen atoms in total. The van der Waals surface area contributed by atoms with Crippen LogP contribution in [-0.4, -0.2) is 43.0 Å². The Morgan fingerprint density at radius 2 is 2.06 bits per heavy atom. The van der Waals surface area contributed by atoms with E-state index in [1.807, 2.05) is 13.1 Å². The number of urea groups is 1. The number of sulfonamides is 1. The van der Waals surface area contributed by atoms with Gasteiger partial charge in [-0.3, -0.25) is 4.68 Å². The molecule has 174 valence electrons. The Hall–Kier alpha value is -2.37. The second-order valence-electron chi connectivity index (χ2n) is 8.00. The highest BCUT2D eigenvalue weighted by Crippen LogP contribution is 2.38. The van der Waals surface area contributed by atoms with Gasteiger partial charge in [-0.05, 0) is 37.8 Å². The van der Waals surface area contributed by atoms with Crippen molar-refractivity contribution >= 4 is 27.7 Å². The molecule has 1 aliphatic carbocycles. The highest BCUT2D eigenvalue weighted by Gasteiger charge is 2.32. The summed E-state index contributed by atoms with van der Waals surface area (Å²) in [5.41, 5.74) is 1.03. The summed E-state index contributed by atoms with van der Waals surface area (Å²) < 4.78 is 50.5. The lowest BCUT2D eigenvalue weighted by Crippen LogP contribution is -2.56. The Morgan fingerprint density at radius 3 is 2.78 bits per heavy atom. The van der Waals surface area contributed by atoms with Gasteiger partial charge in [-0.2, -0.15) is 9.82 Å². The number of carbonyl (C=O) groups is 1. The zero-order valence-electron chi connectivity index (χ0n) is 17.5. The third kappa shape index (κ3) is 4.84. The van der Waals surface area contributed by atoms with Crippen LogP contribution in [0.15, 0.2) is 29.3 Å². The first-order chi connectivity index (χ1) is 15.2. The minimum Gasteiger partial charge on any atom is -0.488 e. The number of hydrogen-bond acceptors (Lipinski definition) is 5. The van der Waals surface area contributed by atoms with Crippen LogP contribution in [0.5, 0.6) is 5.75 Å². The van der Waals surface area contributed by atoms with E-state index in [2.05, 4.69) is 20.5 Å². The number of ether oxygens (including phenoxy) is 1. The molecular formula is C20H25ClFN5O4S. The van der Waals surface area contributed by atoms with Gasteiger partial charge in [-0.15, -0.1) is 0 Å². The average molecular weight is 486 g/mol. The molecule has 3 N–H and O–H groups in total. The van der Waals surface area contributed by atoms with Crippen LogP contribution in [0.25, 0.3) is 0 Å². The third-order valence-corrected chi connectivity index (χ3v) is 7.60. The number of nitrogens with zero attached hydrogens (tertiary/aromatic N) is 2. The van der Waals surface area contributed by atoms with E-state index in [-0.39, 0.29) is 22.8 Å². The van der Waals surface area contributed by atoms with Crippen molar-refractivity contribution in [2.24, 2.45) is 7.05 Å². The second kappa shape index (κ2) is 9.24. The van der Waals surface area contributed by atoms with Gasteiger partial charge in [0.05, 0.1) is 11.2 Å². The fourth-order valence-corrected chi connectivity index (χ4v) is 5.78.